The number of hydrogen-bond acceptors (Lipinski definition) is 6. The molecule has 2 atom stereocenters. The van der Waals surface area contributed by atoms with Crippen LogP contribution in [0.25, 0.3) is 5.65 Å². The summed E-state index contributed by atoms with van der Waals surface area (Å²) in [6, 6.07) is 0.611. The number of alkyl halides is 5. The second kappa shape index (κ2) is 8.89. The third-order valence-electron chi connectivity index (χ3n) is 5.57. The highest BCUT2D eigenvalue weighted by molar-refractivity contribution is 6.29. The van der Waals surface area contributed by atoms with Crippen molar-refractivity contribution in [2.75, 3.05) is 23.4 Å². The molecule has 194 valence electrons. The molecule has 1 aliphatic heterocycles. The van der Waals surface area contributed by atoms with Crippen LogP contribution in [0, 0.1) is 0 Å². The highest BCUT2D eigenvalue weighted by Crippen LogP contribution is 2.50. The lowest BCUT2D eigenvalue weighted by molar-refractivity contribution is -0.181. The van der Waals surface area contributed by atoms with E-state index in [1.165, 1.54) is 6.07 Å². The Morgan fingerprint density at radius 3 is 2.67 bits per heavy atom. The zero-order valence-corrected chi connectivity index (χ0v) is 19.4. The van der Waals surface area contributed by atoms with E-state index in [4.69, 9.17) is 22.1 Å². The maximum atomic E-state index is 14.2. The van der Waals surface area contributed by atoms with Crippen LogP contribution in [-0.4, -0.2) is 50.6 Å². The zero-order chi connectivity index (χ0) is 26.6. The molecule has 0 spiro atoms. The molecule has 1 aliphatic rings. The normalized spacial score (nSPS) is 18.6. The Morgan fingerprint density at radius 2 is 2.06 bits per heavy atom. The van der Waals surface area contributed by atoms with Gasteiger partial charge in [0.05, 0.1) is 23.3 Å². The number of carbonyl (C=O) groups is 1. The van der Waals surface area contributed by atoms with E-state index in [9.17, 15) is 31.5 Å². The third kappa shape index (κ3) is 4.32. The first-order valence-electron chi connectivity index (χ1n) is 10.4. The van der Waals surface area contributed by atoms with Gasteiger partial charge >= 0.3 is 18.8 Å². The van der Waals surface area contributed by atoms with Gasteiger partial charge in [0.25, 0.3) is 5.56 Å². The SMILES string of the molecule is C[C@@H](N)COc1cc(NC(=O)N2CC(C)(C(F)(F)F)c3c2cnc2cc(Cl)nn32)cn(C(F)F)c1=O. The molecule has 0 aliphatic carbocycles. The van der Waals surface area contributed by atoms with Crippen LogP contribution in [0.5, 0.6) is 5.75 Å². The second-order valence-corrected chi connectivity index (χ2v) is 8.83. The van der Waals surface area contributed by atoms with Crippen LogP contribution in [0.2, 0.25) is 5.15 Å². The Kier molecular flexibility index (Phi) is 6.33. The number of fused-ring (bicyclic) bond motifs is 3. The van der Waals surface area contributed by atoms with Gasteiger partial charge in [-0.2, -0.15) is 27.1 Å². The van der Waals surface area contributed by atoms with Crippen molar-refractivity contribution < 1.29 is 31.5 Å². The number of urea groups is 1. The molecule has 0 fully saturated rings. The molecule has 0 bridgehead atoms. The number of aromatic nitrogens is 4. The molecule has 0 aromatic carbocycles. The maximum absolute atomic E-state index is 14.2. The first-order valence-corrected chi connectivity index (χ1v) is 10.7. The molecule has 0 radical (unpaired) electrons. The predicted octanol–water partition coefficient (Wildman–Crippen LogP) is 3.54. The van der Waals surface area contributed by atoms with Crippen molar-refractivity contribution in [2.45, 2.75) is 38.0 Å². The average Bonchev–Trinajstić information content (AvgIpc) is 3.30. The lowest BCUT2D eigenvalue weighted by atomic mass is 9.88. The molecule has 0 saturated carbocycles. The quantitative estimate of drug-likeness (QED) is 0.482. The van der Waals surface area contributed by atoms with E-state index in [-0.39, 0.29) is 39.0 Å². The lowest BCUT2D eigenvalue weighted by Crippen LogP contribution is -2.46. The van der Waals surface area contributed by atoms with Crippen LogP contribution >= 0.6 is 11.6 Å². The van der Waals surface area contributed by atoms with Gasteiger partial charge in [0, 0.05) is 30.9 Å². The molecule has 3 aromatic rings. The Morgan fingerprint density at radius 1 is 1.36 bits per heavy atom. The van der Waals surface area contributed by atoms with Crippen molar-refractivity contribution in [1.29, 1.82) is 0 Å². The van der Waals surface area contributed by atoms with Gasteiger partial charge in [0.15, 0.2) is 16.5 Å². The molecule has 1 unspecified atom stereocenters. The predicted molar refractivity (Wildman–Crippen MR) is 119 cm³/mol. The van der Waals surface area contributed by atoms with Crippen molar-refractivity contribution in [3.63, 3.8) is 0 Å². The van der Waals surface area contributed by atoms with Gasteiger partial charge in [-0.05, 0) is 13.8 Å². The monoisotopic (exact) mass is 535 g/mol. The van der Waals surface area contributed by atoms with Gasteiger partial charge in [0.2, 0.25) is 0 Å². The van der Waals surface area contributed by atoms with Gasteiger partial charge in [-0.25, -0.2) is 14.3 Å². The molecule has 10 nitrogen and oxygen atoms in total. The van der Waals surface area contributed by atoms with Crippen LogP contribution in [0.15, 0.2) is 29.3 Å². The maximum Gasteiger partial charge on any atom is 0.401 e. The molecule has 3 aromatic heterocycles. The van der Waals surface area contributed by atoms with Crippen LogP contribution in [0.4, 0.5) is 38.1 Å². The van der Waals surface area contributed by atoms with Gasteiger partial charge < -0.3 is 15.8 Å². The number of carbonyl (C=O) groups excluding carboxylic acids is 1. The summed E-state index contributed by atoms with van der Waals surface area (Å²) in [6.07, 6.45) is -3.10. The summed E-state index contributed by atoms with van der Waals surface area (Å²) in [6.45, 7) is -1.89. The molecule has 0 saturated heterocycles. The summed E-state index contributed by atoms with van der Waals surface area (Å²) in [5.41, 5.74) is 0.950. The summed E-state index contributed by atoms with van der Waals surface area (Å²) in [5.74, 6) is -0.526. The number of nitrogens with one attached hydrogen (secondary N) is 1. The van der Waals surface area contributed by atoms with E-state index in [1.807, 2.05) is 0 Å². The molecule has 16 heteroatoms. The van der Waals surface area contributed by atoms with Crippen LogP contribution < -0.4 is 26.2 Å². The molecule has 3 N–H and O–H groups in total. The number of halogens is 6. The number of pyridine rings is 1. The van der Waals surface area contributed by atoms with Gasteiger partial charge in [-0.3, -0.25) is 14.3 Å². The first kappa shape index (κ1) is 25.6. The van der Waals surface area contributed by atoms with Crippen molar-refractivity contribution in [2.24, 2.45) is 5.73 Å². The number of anilines is 2. The molecule has 2 amide bonds. The van der Waals surface area contributed by atoms with E-state index in [1.54, 1.807) is 6.92 Å². The van der Waals surface area contributed by atoms with Gasteiger partial charge in [0.1, 0.15) is 12.0 Å². The fraction of sp³-hybridized carbons (Fsp3) is 0.400. The fourth-order valence-electron chi connectivity index (χ4n) is 3.80. The number of hydrogen-bond donors (Lipinski definition) is 2. The van der Waals surface area contributed by atoms with E-state index in [2.05, 4.69) is 15.4 Å². The molecule has 4 heterocycles. The topological polar surface area (TPSA) is 120 Å². The number of nitrogens with zero attached hydrogens (tertiary/aromatic N) is 5. The van der Waals surface area contributed by atoms with Crippen molar-refractivity contribution in [3.05, 3.63) is 45.7 Å². The van der Waals surface area contributed by atoms with E-state index >= 15 is 0 Å². The Hall–Kier alpha value is -3.46. The summed E-state index contributed by atoms with van der Waals surface area (Å²) < 4.78 is 75.6. The Balaban J connectivity index is 1.75. The summed E-state index contributed by atoms with van der Waals surface area (Å²) in [5, 5.41) is 6.02. The molecular weight excluding hydrogens is 517 g/mol. The van der Waals surface area contributed by atoms with Gasteiger partial charge in [-0.1, -0.05) is 11.6 Å². The fourth-order valence-corrected chi connectivity index (χ4v) is 3.97. The number of amides is 2. The van der Waals surface area contributed by atoms with E-state index < -0.39 is 48.1 Å². The van der Waals surface area contributed by atoms with Crippen molar-refractivity contribution in [3.8, 4) is 5.75 Å². The Labute approximate surface area is 204 Å². The van der Waals surface area contributed by atoms with E-state index in [0.29, 0.717) is 6.20 Å². The highest BCUT2D eigenvalue weighted by atomic mass is 35.5. The molecular formula is C20H19ClF5N7O3. The lowest BCUT2D eigenvalue weighted by Gasteiger charge is -2.28. The van der Waals surface area contributed by atoms with Crippen LogP contribution in [-0.2, 0) is 5.41 Å². The highest BCUT2D eigenvalue weighted by Gasteiger charge is 2.60. The summed E-state index contributed by atoms with van der Waals surface area (Å²) >= 11 is 5.86. The first-order chi connectivity index (χ1) is 16.7. The van der Waals surface area contributed by atoms with E-state index in [0.717, 1.165) is 28.6 Å². The summed E-state index contributed by atoms with van der Waals surface area (Å²) in [7, 11) is 0. The minimum absolute atomic E-state index is 0.0146. The standard InChI is InChI=1S/C20H19ClF5N7O3/c1-9(27)7-36-12-3-10(6-31(16(12)34)17(22)23)29-18(35)32-8-19(2,20(24,25)26)15-11(32)5-28-14-4-13(21)30-33(14)15/h3-6,9,17H,7-8,27H2,1-2H3,(H,29,35)/t9-,19?/m1/s1. The smallest absolute Gasteiger partial charge is 0.401 e. The minimum Gasteiger partial charge on any atom is -0.486 e. The minimum atomic E-state index is -4.81. The molecule has 4 rings (SSSR count). The third-order valence-corrected chi connectivity index (χ3v) is 5.75. The van der Waals surface area contributed by atoms with Gasteiger partial charge in [-0.15, -0.1) is 0 Å². The van der Waals surface area contributed by atoms with Crippen LogP contribution in [0.1, 0.15) is 26.1 Å². The summed E-state index contributed by atoms with van der Waals surface area (Å²) in [4.78, 5) is 30.1. The number of nitrogens with two attached hydrogens (primary N) is 1. The van der Waals surface area contributed by atoms with Crippen LogP contribution in [0.3, 0.4) is 0 Å². The van der Waals surface area contributed by atoms with Crippen molar-refractivity contribution >= 4 is 34.7 Å². The number of ether oxygens (including phenoxy) is 1. The second-order valence-electron chi connectivity index (χ2n) is 8.45. The Bertz CT molecular complexity index is 1390. The number of rotatable bonds is 5. The average molecular weight is 536 g/mol. The van der Waals surface area contributed by atoms with Crippen molar-refractivity contribution in [1.82, 2.24) is 19.2 Å². The molecule has 36 heavy (non-hydrogen) atoms. The largest absolute Gasteiger partial charge is 0.486 e. The zero-order valence-electron chi connectivity index (χ0n) is 18.7.